The van der Waals surface area contributed by atoms with Crippen molar-refractivity contribution in [1.29, 1.82) is 0 Å². The van der Waals surface area contributed by atoms with Gasteiger partial charge in [-0.1, -0.05) is 13.0 Å². The largest absolute Gasteiger partial charge is 0.478 e. The molecule has 1 rings (SSSR count). The second kappa shape index (κ2) is 11.7. The van der Waals surface area contributed by atoms with E-state index in [9.17, 15) is 0 Å². The van der Waals surface area contributed by atoms with E-state index in [1.165, 1.54) is 0 Å². The van der Waals surface area contributed by atoms with Gasteiger partial charge in [-0.25, -0.2) is 9.98 Å². The standard InChI is InChI=1S/C14H24N4O.HI/c1-4-9-17-14(15-5-2)18-11-12-8-7-10-16-13(12)19-6-3;/h7-8,10H,4-6,9,11H2,1-3H3,(H2,15,17,18);1H. The van der Waals surface area contributed by atoms with Crippen LogP contribution in [0, 0.1) is 0 Å². The van der Waals surface area contributed by atoms with Gasteiger partial charge in [0, 0.05) is 24.8 Å². The Balaban J connectivity index is 0.00000361. The van der Waals surface area contributed by atoms with Crippen LogP contribution >= 0.6 is 24.0 Å². The van der Waals surface area contributed by atoms with Crippen LogP contribution < -0.4 is 15.4 Å². The first-order chi connectivity index (χ1) is 9.31. The van der Waals surface area contributed by atoms with E-state index in [1.807, 2.05) is 19.1 Å². The molecule has 1 heterocycles. The molecule has 114 valence electrons. The van der Waals surface area contributed by atoms with E-state index >= 15 is 0 Å². The number of halogens is 1. The van der Waals surface area contributed by atoms with Crippen molar-refractivity contribution in [1.82, 2.24) is 15.6 Å². The van der Waals surface area contributed by atoms with Gasteiger partial charge in [-0.2, -0.15) is 0 Å². The summed E-state index contributed by atoms with van der Waals surface area (Å²) in [7, 11) is 0. The molecular formula is C14H25IN4O. The summed E-state index contributed by atoms with van der Waals surface area (Å²) < 4.78 is 5.49. The van der Waals surface area contributed by atoms with Crippen LogP contribution in [0.5, 0.6) is 5.88 Å². The predicted octanol–water partition coefficient (Wildman–Crippen LogP) is 2.56. The quantitative estimate of drug-likeness (QED) is 0.426. The van der Waals surface area contributed by atoms with Crippen LogP contribution in [0.2, 0.25) is 0 Å². The average Bonchev–Trinajstić information content (AvgIpc) is 2.43. The lowest BCUT2D eigenvalue weighted by atomic mass is 10.3. The molecule has 5 nitrogen and oxygen atoms in total. The number of aliphatic imine (C=N–C) groups is 1. The van der Waals surface area contributed by atoms with E-state index in [0.29, 0.717) is 19.0 Å². The van der Waals surface area contributed by atoms with Crippen molar-refractivity contribution in [3.63, 3.8) is 0 Å². The molecule has 0 amide bonds. The Morgan fingerprint density at radius 2 is 2.10 bits per heavy atom. The summed E-state index contributed by atoms with van der Waals surface area (Å²) in [4.78, 5) is 8.76. The molecule has 20 heavy (non-hydrogen) atoms. The van der Waals surface area contributed by atoms with E-state index in [-0.39, 0.29) is 24.0 Å². The average molecular weight is 392 g/mol. The summed E-state index contributed by atoms with van der Waals surface area (Å²) in [6.45, 7) is 9.07. The molecule has 0 aliphatic rings. The first-order valence-corrected chi connectivity index (χ1v) is 6.90. The minimum Gasteiger partial charge on any atom is -0.478 e. The van der Waals surface area contributed by atoms with Gasteiger partial charge < -0.3 is 15.4 Å². The topological polar surface area (TPSA) is 58.5 Å². The number of pyridine rings is 1. The maximum absolute atomic E-state index is 5.49. The Morgan fingerprint density at radius 1 is 1.30 bits per heavy atom. The van der Waals surface area contributed by atoms with Crippen LogP contribution in [0.4, 0.5) is 0 Å². The van der Waals surface area contributed by atoms with Gasteiger partial charge in [0.1, 0.15) is 0 Å². The molecule has 0 spiro atoms. The second-order valence-electron chi connectivity index (χ2n) is 4.02. The van der Waals surface area contributed by atoms with Crippen molar-refractivity contribution >= 4 is 29.9 Å². The van der Waals surface area contributed by atoms with Crippen molar-refractivity contribution in [2.75, 3.05) is 19.7 Å². The highest BCUT2D eigenvalue weighted by atomic mass is 127. The molecule has 1 aromatic heterocycles. The third kappa shape index (κ3) is 6.93. The number of aromatic nitrogens is 1. The van der Waals surface area contributed by atoms with Crippen LogP contribution in [0.15, 0.2) is 23.3 Å². The highest BCUT2D eigenvalue weighted by molar-refractivity contribution is 14.0. The fourth-order valence-electron chi connectivity index (χ4n) is 1.56. The Kier molecular flexibility index (Phi) is 11.1. The van der Waals surface area contributed by atoms with E-state index < -0.39 is 0 Å². The van der Waals surface area contributed by atoms with Crippen molar-refractivity contribution in [2.24, 2.45) is 4.99 Å². The van der Waals surface area contributed by atoms with E-state index in [1.54, 1.807) is 6.20 Å². The number of guanidine groups is 1. The minimum absolute atomic E-state index is 0. The van der Waals surface area contributed by atoms with Gasteiger partial charge in [0.25, 0.3) is 0 Å². The predicted molar refractivity (Wildman–Crippen MR) is 93.9 cm³/mol. The number of ether oxygens (including phenoxy) is 1. The van der Waals surface area contributed by atoms with Gasteiger partial charge in [0.15, 0.2) is 5.96 Å². The van der Waals surface area contributed by atoms with Crippen molar-refractivity contribution < 1.29 is 4.74 Å². The third-order valence-electron chi connectivity index (χ3n) is 2.43. The molecule has 0 unspecified atom stereocenters. The molecule has 0 fully saturated rings. The first-order valence-electron chi connectivity index (χ1n) is 6.90. The summed E-state index contributed by atoms with van der Waals surface area (Å²) in [5.74, 6) is 1.50. The fourth-order valence-corrected chi connectivity index (χ4v) is 1.56. The molecule has 1 aromatic rings. The highest BCUT2D eigenvalue weighted by Crippen LogP contribution is 2.15. The zero-order valence-corrected chi connectivity index (χ0v) is 14.8. The molecule has 0 aromatic carbocycles. The van der Waals surface area contributed by atoms with E-state index in [4.69, 9.17) is 4.74 Å². The van der Waals surface area contributed by atoms with Crippen LogP contribution in [-0.2, 0) is 6.54 Å². The molecule has 0 atom stereocenters. The summed E-state index contributed by atoms with van der Waals surface area (Å²) in [6.07, 6.45) is 2.81. The van der Waals surface area contributed by atoms with Crippen LogP contribution in [0.3, 0.4) is 0 Å². The van der Waals surface area contributed by atoms with Gasteiger partial charge in [0.05, 0.1) is 13.2 Å². The molecule has 0 aliphatic carbocycles. The van der Waals surface area contributed by atoms with Crippen molar-refractivity contribution in [3.8, 4) is 5.88 Å². The number of hydrogen-bond donors (Lipinski definition) is 2. The number of rotatable bonds is 7. The van der Waals surface area contributed by atoms with Gasteiger partial charge in [0.2, 0.25) is 5.88 Å². The third-order valence-corrected chi connectivity index (χ3v) is 2.43. The number of nitrogens with zero attached hydrogens (tertiary/aromatic N) is 2. The second-order valence-corrected chi connectivity index (χ2v) is 4.02. The van der Waals surface area contributed by atoms with Gasteiger partial charge >= 0.3 is 0 Å². The summed E-state index contributed by atoms with van der Waals surface area (Å²) in [5.41, 5.74) is 0.998. The Morgan fingerprint density at radius 3 is 2.75 bits per heavy atom. The molecule has 0 aliphatic heterocycles. The first kappa shape index (κ1) is 18.9. The number of hydrogen-bond acceptors (Lipinski definition) is 3. The molecule has 0 radical (unpaired) electrons. The van der Waals surface area contributed by atoms with Crippen LogP contribution in [0.25, 0.3) is 0 Å². The number of nitrogens with one attached hydrogen (secondary N) is 2. The molecule has 0 saturated carbocycles. The maximum atomic E-state index is 5.49. The van der Waals surface area contributed by atoms with Crippen LogP contribution in [-0.4, -0.2) is 30.6 Å². The molecule has 0 bridgehead atoms. The van der Waals surface area contributed by atoms with Crippen LogP contribution in [0.1, 0.15) is 32.8 Å². The van der Waals surface area contributed by atoms with Gasteiger partial charge in [-0.05, 0) is 26.3 Å². The van der Waals surface area contributed by atoms with Crippen molar-refractivity contribution in [2.45, 2.75) is 33.7 Å². The SMILES string of the molecule is CCCNC(=NCc1cccnc1OCC)NCC.I. The van der Waals surface area contributed by atoms with E-state index in [2.05, 4.69) is 34.5 Å². The highest BCUT2D eigenvalue weighted by Gasteiger charge is 2.03. The Hall–Kier alpha value is -1.05. The fraction of sp³-hybridized carbons (Fsp3) is 0.571. The molecule has 2 N–H and O–H groups in total. The van der Waals surface area contributed by atoms with Crippen molar-refractivity contribution in [3.05, 3.63) is 23.9 Å². The smallest absolute Gasteiger partial charge is 0.218 e. The zero-order valence-electron chi connectivity index (χ0n) is 12.5. The minimum atomic E-state index is 0. The monoisotopic (exact) mass is 392 g/mol. The lowest BCUT2D eigenvalue weighted by Crippen LogP contribution is -2.37. The van der Waals surface area contributed by atoms with Gasteiger partial charge in [-0.15, -0.1) is 24.0 Å². The summed E-state index contributed by atoms with van der Waals surface area (Å²) in [5, 5.41) is 6.49. The van der Waals surface area contributed by atoms with E-state index in [0.717, 1.165) is 31.0 Å². The summed E-state index contributed by atoms with van der Waals surface area (Å²) in [6, 6.07) is 3.89. The molecular weight excluding hydrogens is 367 g/mol. The molecule has 6 heteroatoms. The lowest BCUT2D eigenvalue weighted by Gasteiger charge is -2.11. The normalized spacial score (nSPS) is 10.7. The Bertz CT molecular complexity index is 399. The Labute approximate surface area is 138 Å². The summed E-state index contributed by atoms with van der Waals surface area (Å²) >= 11 is 0. The van der Waals surface area contributed by atoms with Gasteiger partial charge in [-0.3, -0.25) is 0 Å². The maximum Gasteiger partial charge on any atom is 0.218 e. The zero-order chi connectivity index (χ0) is 13.9. The molecule has 0 saturated heterocycles. The lowest BCUT2D eigenvalue weighted by molar-refractivity contribution is 0.323.